The summed E-state index contributed by atoms with van der Waals surface area (Å²) in [6, 6.07) is 9.83. The van der Waals surface area contributed by atoms with Crippen LogP contribution in [0.4, 0.5) is 0 Å². The Morgan fingerprint density at radius 1 is 1.29 bits per heavy atom. The fraction of sp³-hybridized carbons (Fsp3) is 0.286. The van der Waals surface area contributed by atoms with Gasteiger partial charge in [0.2, 0.25) is 5.91 Å². The number of para-hydroxylation sites is 1. The highest BCUT2D eigenvalue weighted by molar-refractivity contribution is 6.31. The van der Waals surface area contributed by atoms with Gasteiger partial charge in [0, 0.05) is 36.5 Å². The van der Waals surface area contributed by atoms with Crippen molar-refractivity contribution in [1.29, 1.82) is 0 Å². The molecular weight excluding hydrogens is 374 g/mol. The van der Waals surface area contributed by atoms with Crippen molar-refractivity contribution < 1.29 is 4.79 Å². The maximum atomic E-state index is 12.2. The molecule has 0 aliphatic heterocycles. The largest absolute Gasteiger partial charge is 0.348 e. The predicted molar refractivity (Wildman–Crippen MR) is 111 cm³/mol. The van der Waals surface area contributed by atoms with Crippen LogP contribution in [0.15, 0.2) is 48.8 Å². The third kappa shape index (κ3) is 4.89. The molecule has 0 aliphatic carbocycles. The smallest absolute Gasteiger partial charge is 0.244 e. The van der Waals surface area contributed by atoms with Crippen LogP contribution in [-0.2, 0) is 17.9 Å². The third-order valence-electron chi connectivity index (χ3n) is 4.36. The summed E-state index contributed by atoms with van der Waals surface area (Å²) < 4.78 is 3.57. The van der Waals surface area contributed by atoms with Gasteiger partial charge in [-0.25, -0.2) is 4.68 Å². The molecule has 0 saturated heterocycles. The van der Waals surface area contributed by atoms with Gasteiger partial charge in [-0.3, -0.25) is 9.48 Å². The van der Waals surface area contributed by atoms with Gasteiger partial charge in [-0.1, -0.05) is 43.1 Å². The highest BCUT2D eigenvalue weighted by Gasteiger charge is 2.11. The average Bonchev–Trinajstić information content (AvgIpc) is 3.29. The number of aromatic nitrogens is 4. The van der Waals surface area contributed by atoms with Crippen molar-refractivity contribution in [2.45, 2.75) is 39.8 Å². The zero-order valence-electron chi connectivity index (χ0n) is 16.1. The molecule has 6 nitrogen and oxygen atoms in total. The first-order valence-corrected chi connectivity index (χ1v) is 9.74. The summed E-state index contributed by atoms with van der Waals surface area (Å²) >= 11 is 6.39. The van der Waals surface area contributed by atoms with Crippen molar-refractivity contribution in [3.05, 3.63) is 70.8 Å². The summed E-state index contributed by atoms with van der Waals surface area (Å²) in [6.07, 6.45) is 8.94. The van der Waals surface area contributed by atoms with Crippen LogP contribution >= 0.6 is 11.6 Å². The first kappa shape index (κ1) is 19.9. The zero-order valence-corrected chi connectivity index (χ0v) is 16.9. The number of rotatable bonds is 8. The normalized spacial score (nSPS) is 11.2. The Labute approximate surface area is 169 Å². The molecule has 0 bridgehead atoms. The van der Waals surface area contributed by atoms with E-state index >= 15 is 0 Å². The van der Waals surface area contributed by atoms with Gasteiger partial charge >= 0.3 is 0 Å². The number of carbonyl (C=O) groups is 1. The summed E-state index contributed by atoms with van der Waals surface area (Å²) in [5.41, 5.74) is 3.50. The zero-order chi connectivity index (χ0) is 19.9. The second-order valence-corrected chi connectivity index (χ2v) is 6.90. The highest BCUT2D eigenvalue weighted by atomic mass is 35.5. The maximum absolute atomic E-state index is 12.2. The van der Waals surface area contributed by atoms with Crippen molar-refractivity contribution in [3.63, 3.8) is 0 Å². The fourth-order valence-corrected chi connectivity index (χ4v) is 3.12. The molecule has 0 spiro atoms. The molecular formula is C21H24ClN5O. The summed E-state index contributed by atoms with van der Waals surface area (Å²) in [6.45, 7) is 5.20. The molecule has 0 saturated carbocycles. The Balaban J connectivity index is 1.58. The van der Waals surface area contributed by atoms with Crippen molar-refractivity contribution in [3.8, 4) is 5.69 Å². The first-order valence-electron chi connectivity index (χ1n) is 9.36. The van der Waals surface area contributed by atoms with E-state index in [1.807, 2.05) is 43.5 Å². The Morgan fingerprint density at radius 3 is 2.82 bits per heavy atom. The Hall–Kier alpha value is -2.86. The molecule has 0 radical (unpaired) electrons. The third-order valence-corrected chi connectivity index (χ3v) is 4.76. The summed E-state index contributed by atoms with van der Waals surface area (Å²) in [5.74, 6) is -0.191. The monoisotopic (exact) mass is 397 g/mol. The molecule has 3 aromatic rings. The number of unbranched alkanes of at least 4 members (excludes halogenated alkanes) is 1. The minimum absolute atomic E-state index is 0.191. The molecule has 0 atom stereocenters. The SMILES string of the molecule is CCCCn1nc(C)c(/C=C/C(=O)NCc2cnn(-c3ccccc3)c2)c1Cl. The van der Waals surface area contributed by atoms with E-state index in [1.54, 1.807) is 21.6 Å². The lowest BCUT2D eigenvalue weighted by Crippen LogP contribution is -2.19. The van der Waals surface area contributed by atoms with E-state index in [-0.39, 0.29) is 5.91 Å². The Morgan fingerprint density at radius 2 is 2.07 bits per heavy atom. The Kier molecular flexibility index (Phi) is 6.66. The maximum Gasteiger partial charge on any atom is 0.244 e. The van der Waals surface area contributed by atoms with Gasteiger partial charge in [0.05, 0.1) is 17.6 Å². The van der Waals surface area contributed by atoms with Crippen LogP contribution in [0, 0.1) is 6.92 Å². The molecule has 28 heavy (non-hydrogen) atoms. The van der Waals surface area contributed by atoms with Gasteiger partial charge in [0.1, 0.15) is 5.15 Å². The van der Waals surface area contributed by atoms with Crippen LogP contribution in [0.5, 0.6) is 0 Å². The van der Waals surface area contributed by atoms with E-state index in [1.165, 1.54) is 6.08 Å². The van der Waals surface area contributed by atoms with Gasteiger partial charge in [0.15, 0.2) is 0 Å². The van der Waals surface area contributed by atoms with Crippen LogP contribution < -0.4 is 5.32 Å². The first-order chi connectivity index (χ1) is 13.6. The molecule has 0 unspecified atom stereocenters. The molecule has 7 heteroatoms. The average molecular weight is 398 g/mol. The van der Waals surface area contributed by atoms with Crippen LogP contribution in [0.25, 0.3) is 11.8 Å². The summed E-state index contributed by atoms with van der Waals surface area (Å²) in [4.78, 5) is 12.2. The van der Waals surface area contributed by atoms with Crippen LogP contribution in [0.3, 0.4) is 0 Å². The lowest BCUT2D eigenvalue weighted by Gasteiger charge is -2.01. The molecule has 1 N–H and O–H groups in total. The molecule has 3 rings (SSSR count). The van der Waals surface area contributed by atoms with Crippen LogP contribution in [0.2, 0.25) is 5.15 Å². The van der Waals surface area contributed by atoms with Crippen molar-refractivity contribution in [1.82, 2.24) is 24.9 Å². The number of nitrogens with one attached hydrogen (secondary N) is 1. The van der Waals surface area contributed by atoms with E-state index in [4.69, 9.17) is 11.6 Å². The standard InChI is InChI=1S/C21H24ClN5O/c1-3-4-12-26-21(22)19(16(2)25-26)10-11-20(28)23-13-17-14-24-27(15-17)18-8-6-5-7-9-18/h5-11,14-15H,3-4,12-13H2,1-2H3,(H,23,28)/b11-10+. The lowest BCUT2D eigenvalue weighted by atomic mass is 10.2. The van der Waals surface area contributed by atoms with Gasteiger partial charge in [-0.05, 0) is 31.6 Å². The Bertz CT molecular complexity index is 959. The van der Waals surface area contributed by atoms with Gasteiger partial charge in [-0.15, -0.1) is 0 Å². The number of aryl methyl sites for hydroxylation is 2. The van der Waals surface area contributed by atoms with E-state index in [0.29, 0.717) is 11.7 Å². The quantitative estimate of drug-likeness (QED) is 0.580. The minimum atomic E-state index is -0.191. The minimum Gasteiger partial charge on any atom is -0.348 e. The number of halogens is 1. The van der Waals surface area contributed by atoms with Crippen molar-refractivity contribution in [2.24, 2.45) is 0 Å². The number of amides is 1. The number of hydrogen-bond donors (Lipinski definition) is 1. The lowest BCUT2D eigenvalue weighted by molar-refractivity contribution is -0.116. The summed E-state index contributed by atoms with van der Waals surface area (Å²) in [5, 5.41) is 12.2. The van der Waals surface area contributed by atoms with Gasteiger partial charge in [0.25, 0.3) is 0 Å². The molecule has 146 valence electrons. The molecule has 0 aliphatic rings. The molecule has 1 amide bonds. The summed E-state index contributed by atoms with van der Waals surface area (Å²) in [7, 11) is 0. The van der Waals surface area contributed by atoms with Crippen LogP contribution in [-0.4, -0.2) is 25.5 Å². The van der Waals surface area contributed by atoms with E-state index in [2.05, 4.69) is 22.4 Å². The van der Waals surface area contributed by atoms with Gasteiger partial charge in [-0.2, -0.15) is 10.2 Å². The molecule has 2 heterocycles. The topological polar surface area (TPSA) is 64.7 Å². The fourth-order valence-electron chi connectivity index (χ4n) is 2.79. The number of nitrogens with zero attached hydrogens (tertiary/aromatic N) is 4. The highest BCUT2D eigenvalue weighted by Crippen LogP contribution is 2.21. The second-order valence-electron chi connectivity index (χ2n) is 6.55. The molecule has 2 aromatic heterocycles. The van der Waals surface area contributed by atoms with E-state index < -0.39 is 0 Å². The number of benzene rings is 1. The van der Waals surface area contributed by atoms with Crippen LogP contribution in [0.1, 0.15) is 36.6 Å². The number of hydrogen-bond acceptors (Lipinski definition) is 3. The number of carbonyl (C=O) groups excluding carboxylic acids is 1. The van der Waals surface area contributed by atoms with Gasteiger partial charge < -0.3 is 5.32 Å². The van der Waals surface area contributed by atoms with E-state index in [9.17, 15) is 4.79 Å². The predicted octanol–water partition coefficient (Wildman–Crippen LogP) is 4.16. The van der Waals surface area contributed by atoms with Crippen molar-refractivity contribution in [2.75, 3.05) is 0 Å². The van der Waals surface area contributed by atoms with E-state index in [0.717, 1.165) is 41.9 Å². The van der Waals surface area contributed by atoms with Crippen molar-refractivity contribution >= 4 is 23.6 Å². The second kappa shape index (κ2) is 9.37. The molecule has 0 fully saturated rings. The molecule has 1 aromatic carbocycles.